The zero-order valence-electron chi connectivity index (χ0n) is 24.0. The van der Waals surface area contributed by atoms with Crippen molar-refractivity contribution in [2.75, 3.05) is 37.7 Å². The van der Waals surface area contributed by atoms with Crippen LogP contribution in [0.4, 0.5) is 19.0 Å². The fraction of sp³-hybridized carbons (Fsp3) is 0.424. The van der Waals surface area contributed by atoms with Crippen LogP contribution in [0.15, 0.2) is 24.3 Å². The van der Waals surface area contributed by atoms with Crippen molar-refractivity contribution in [1.82, 2.24) is 19.9 Å². The van der Waals surface area contributed by atoms with E-state index >= 15 is 4.39 Å². The number of anilines is 1. The van der Waals surface area contributed by atoms with Crippen molar-refractivity contribution < 1.29 is 27.8 Å². The van der Waals surface area contributed by atoms with E-state index in [0.717, 1.165) is 38.6 Å². The lowest BCUT2D eigenvalue weighted by atomic mass is 9.95. The highest BCUT2D eigenvalue weighted by Crippen LogP contribution is 2.45. The molecular weight excluding hydrogens is 571 g/mol. The number of halogens is 3. The number of phenols is 1. The molecule has 0 radical (unpaired) electrons. The molecule has 6 heterocycles. The van der Waals surface area contributed by atoms with E-state index in [1.54, 1.807) is 0 Å². The molecule has 226 valence electrons. The quantitative estimate of drug-likeness (QED) is 0.307. The van der Waals surface area contributed by atoms with Crippen LogP contribution in [0.25, 0.3) is 32.9 Å². The number of hydrogen-bond acceptors (Lipinski definition) is 8. The molecule has 3 fully saturated rings. The summed E-state index contributed by atoms with van der Waals surface area (Å²) >= 11 is 0. The van der Waals surface area contributed by atoms with Crippen LogP contribution in [0, 0.1) is 24.0 Å². The number of hydrogen-bond donors (Lipinski definition) is 1. The van der Waals surface area contributed by atoms with Crippen molar-refractivity contribution in [3.8, 4) is 41.2 Å². The van der Waals surface area contributed by atoms with Gasteiger partial charge in [-0.15, -0.1) is 6.42 Å². The fourth-order valence-corrected chi connectivity index (χ4v) is 7.69. The van der Waals surface area contributed by atoms with Gasteiger partial charge in [-0.2, -0.15) is 9.97 Å². The molecule has 3 saturated heterocycles. The van der Waals surface area contributed by atoms with Gasteiger partial charge < -0.3 is 19.5 Å². The predicted molar refractivity (Wildman–Crippen MR) is 159 cm³/mol. The molecule has 2 aromatic heterocycles. The molecule has 4 aliphatic rings. The Morgan fingerprint density at radius 1 is 1.11 bits per heavy atom. The zero-order chi connectivity index (χ0) is 30.2. The Bertz CT molecular complexity index is 1880. The lowest BCUT2D eigenvalue weighted by Crippen LogP contribution is -2.44. The number of alkyl halides is 1. The van der Waals surface area contributed by atoms with Crippen LogP contribution in [0.2, 0.25) is 0 Å². The van der Waals surface area contributed by atoms with Crippen molar-refractivity contribution in [1.29, 1.82) is 0 Å². The van der Waals surface area contributed by atoms with Gasteiger partial charge in [0.05, 0.1) is 17.1 Å². The second kappa shape index (κ2) is 10.1. The van der Waals surface area contributed by atoms with Crippen molar-refractivity contribution in [2.24, 2.45) is 0 Å². The van der Waals surface area contributed by atoms with Crippen LogP contribution < -0.4 is 14.4 Å². The van der Waals surface area contributed by atoms with Crippen LogP contribution in [0.3, 0.4) is 0 Å². The summed E-state index contributed by atoms with van der Waals surface area (Å²) in [4.78, 5) is 18.2. The zero-order valence-corrected chi connectivity index (χ0v) is 24.0. The smallest absolute Gasteiger partial charge is 0.319 e. The summed E-state index contributed by atoms with van der Waals surface area (Å²) in [6, 6.07) is 5.41. The molecule has 0 spiro atoms. The Hall–Kier alpha value is -4.30. The van der Waals surface area contributed by atoms with Gasteiger partial charge in [-0.3, -0.25) is 4.90 Å². The molecule has 0 aliphatic carbocycles. The van der Waals surface area contributed by atoms with Crippen LogP contribution in [-0.4, -0.2) is 75.6 Å². The minimum absolute atomic E-state index is 0.00908. The van der Waals surface area contributed by atoms with Gasteiger partial charge >= 0.3 is 6.01 Å². The molecule has 0 saturated carbocycles. The Morgan fingerprint density at radius 2 is 2.00 bits per heavy atom. The lowest BCUT2D eigenvalue weighted by molar-refractivity contribution is 0.107. The highest BCUT2D eigenvalue weighted by molar-refractivity contribution is 6.04. The first-order valence-electron chi connectivity index (χ1n) is 15.1. The van der Waals surface area contributed by atoms with E-state index in [0.29, 0.717) is 42.7 Å². The fourth-order valence-electron chi connectivity index (χ4n) is 7.69. The number of ether oxygens (including phenoxy) is 2. The molecule has 0 amide bonds. The second-order valence-electron chi connectivity index (χ2n) is 12.3. The molecule has 11 heteroatoms. The first kappa shape index (κ1) is 27.3. The van der Waals surface area contributed by atoms with Gasteiger partial charge in [-0.1, -0.05) is 12.0 Å². The first-order chi connectivity index (χ1) is 21.3. The van der Waals surface area contributed by atoms with Gasteiger partial charge in [0.15, 0.2) is 5.82 Å². The maximum atomic E-state index is 16.8. The van der Waals surface area contributed by atoms with E-state index in [-0.39, 0.29) is 58.0 Å². The predicted octanol–water partition coefficient (Wildman–Crippen LogP) is 5.52. The summed E-state index contributed by atoms with van der Waals surface area (Å²) in [6.07, 6.45) is 9.73. The number of pyridine rings is 1. The number of piperidine rings is 1. The Morgan fingerprint density at radius 3 is 2.86 bits per heavy atom. The molecular formula is C33H30F3N5O3. The Kier molecular flexibility index (Phi) is 6.27. The minimum Gasteiger partial charge on any atom is -0.508 e. The van der Waals surface area contributed by atoms with Crippen LogP contribution >= 0.6 is 0 Å². The molecule has 1 N–H and O–H groups in total. The van der Waals surface area contributed by atoms with E-state index in [1.807, 2.05) is 0 Å². The topological polar surface area (TPSA) is 83.8 Å². The lowest BCUT2D eigenvalue weighted by Gasteiger charge is -2.35. The molecule has 4 aliphatic heterocycles. The number of terminal acetylenes is 1. The summed E-state index contributed by atoms with van der Waals surface area (Å²) in [7, 11) is 0. The molecule has 44 heavy (non-hydrogen) atoms. The molecule has 3 atom stereocenters. The van der Waals surface area contributed by atoms with Gasteiger partial charge in [-0.25, -0.2) is 18.2 Å². The summed E-state index contributed by atoms with van der Waals surface area (Å²) in [5, 5.41) is 11.6. The van der Waals surface area contributed by atoms with Crippen LogP contribution in [0.5, 0.6) is 17.6 Å². The van der Waals surface area contributed by atoms with Crippen molar-refractivity contribution in [3.63, 3.8) is 0 Å². The third-order valence-corrected chi connectivity index (χ3v) is 9.71. The largest absolute Gasteiger partial charge is 0.508 e. The van der Waals surface area contributed by atoms with E-state index < -0.39 is 23.3 Å². The van der Waals surface area contributed by atoms with Gasteiger partial charge in [0.2, 0.25) is 5.88 Å². The molecule has 8 rings (SSSR count). The summed E-state index contributed by atoms with van der Waals surface area (Å²) in [6.45, 7) is 2.38. The standard InChI is InChI=1S/C33H30F3N5O3/c1-2-22-24(35)8-7-18-12-21(42)13-23(25(18)22)28-27(36)29-26-30(41-11-4-3-6-20(41)16-43-31(26)37-28)39-32(38-29)44-17-33-9-5-10-40(33)15-19(34)14-33/h1,7-8,12-13,19-20,42H,3-6,9-11,14-17H2/t19-,20?,33+/m1/s1. The van der Waals surface area contributed by atoms with Gasteiger partial charge in [0.1, 0.15) is 53.4 Å². The van der Waals surface area contributed by atoms with Gasteiger partial charge in [0, 0.05) is 30.5 Å². The third-order valence-electron chi connectivity index (χ3n) is 9.71. The maximum Gasteiger partial charge on any atom is 0.319 e. The van der Waals surface area contributed by atoms with E-state index in [4.69, 9.17) is 20.9 Å². The van der Waals surface area contributed by atoms with Crippen molar-refractivity contribution in [3.05, 3.63) is 41.5 Å². The van der Waals surface area contributed by atoms with E-state index in [2.05, 4.69) is 25.7 Å². The third kappa shape index (κ3) is 4.14. The molecule has 2 aromatic carbocycles. The normalized spacial score (nSPS) is 24.5. The first-order valence-corrected chi connectivity index (χ1v) is 15.1. The van der Waals surface area contributed by atoms with Gasteiger partial charge in [-0.05, 0) is 62.2 Å². The van der Waals surface area contributed by atoms with E-state index in [9.17, 15) is 13.9 Å². The number of nitrogens with zero attached hydrogens (tertiary/aromatic N) is 5. The summed E-state index contributed by atoms with van der Waals surface area (Å²) in [5.74, 6) is 1.37. The van der Waals surface area contributed by atoms with Crippen molar-refractivity contribution in [2.45, 2.75) is 56.3 Å². The number of fused-ring (bicyclic) bond motifs is 4. The highest BCUT2D eigenvalue weighted by Gasteiger charge is 2.49. The second-order valence-corrected chi connectivity index (χ2v) is 12.3. The van der Waals surface area contributed by atoms with Gasteiger partial charge in [0.25, 0.3) is 0 Å². The maximum absolute atomic E-state index is 16.8. The monoisotopic (exact) mass is 601 g/mol. The molecule has 8 nitrogen and oxygen atoms in total. The summed E-state index contributed by atoms with van der Waals surface area (Å²) in [5.41, 5.74) is -0.661. The molecule has 4 aromatic rings. The number of rotatable bonds is 4. The highest BCUT2D eigenvalue weighted by atomic mass is 19.1. The SMILES string of the molecule is C#Cc1c(F)ccc2cc(O)cc(-c3nc4c5c(nc(OC[C@@]67CCCN6C[C@H](F)C7)nc5c3F)N3CCCCC3CO4)c12. The number of benzene rings is 2. The average molecular weight is 602 g/mol. The number of aromatic hydroxyl groups is 1. The molecule has 1 unspecified atom stereocenters. The minimum atomic E-state index is -0.921. The van der Waals surface area contributed by atoms with E-state index in [1.165, 1.54) is 24.3 Å². The average Bonchev–Trinajstić information content (AvgIpc) is 3.49. The molecule has 0 bridgehead atoms. The Labute approximate surface area is 251 Å². The number of phenolic OH excluding ortho intramolecular Hbond substituents is 1. The Balaban J connectivity index is 1.33. The van der Waals surface area contributed by atoms with Crippen LogP contribution in [0.1, 0.15) is 44.1 Å². The number of aromatic nitrogens is 3. The summed E-state index contributed by atoms with van der Waals surface area (Å²) < 4.78 is 58.6. The van der Waals surface area contributed by atoms with Crippen molar-refractivity contribution >= 4 is 27.5 Å². The van der Waals surface area contributed by atoms with Crippen LogP contribution in [-0.2, 0) is 0 Å².